The molecule has 0 N–H and O–H groups in total. The lowest BCUT2D eigenvalue weighted by Crippen LogP contribution is -2.05. The largest absolute Gasteiger partial charge is 0.269 e. The fourth-order valence-corrected chi connectivity index (χ4v) is 2.09. The van der Waals surface area contributed by atoms with Crippen molar-refractivity contribution in [1.82, 2.24) is 9.55 Å². The SMILES string of the molecule is O=C(/C=C/c1ccc([N+](=O)[O-])cc1)n1cnc2ccccc21. The molecule has 0 amide bonds. The van der Waals surface area contributed by atoms with Crippen molar-refractivity contribution < 1.29 is 9.72 Å². The number of nitro groups is 1. The lowest BCUT2D eigenvalue weighted by molar-refractivity contribution is -0.384. The van der Waals surface area contributed by atoms with E-state index in [1.807, 2.05) is 24.3 Å². The smallest absolute Gasteiger partial charge is 0.269 e. The highest BCUT2D eigenvalue weighted by Crippen LogP contribution is 2.14. The summed E-state index contributed by atoms with van der Waals surface area (Å²) in [6.07, 6.45) is 4.50. The number of non-ortho nitro benzene ring substituents is 1. The molecule has 0 fully saturated rings. The molecular weight excluding hydrogens is 282 g/mol. The Morgan fingerprint density at radius 1 is 1.14 bits per heavy atom. The number of aromatic nitrogens is 2. The fraction of sp³-hybridized carbons (Fsp3) is 0. The van der Waals surface area contributed by atoms with Crippen LogP contribution >= 0.6 is 0 Å². The fourth-order valence-electron chi connectivity index (χ4n) is 2.09. The van der Waals surface area contributed by atoms with Crippen molar-refractivity contribution in [3.05, 3.63) is 76.6 Å². The molecular formula is C16H11N3O3. The number of hydrogen-bond donors (Lipinski definition) is 0. The standard InChI is InChI=1S/C16H11N3O3/c20-16(18-11-17-14-3-1-2-4-15(14)18)10-7-12-5-8-13(9-6-12)19(21)22/h1-11H/b10-7+. The number of allylic oxidation sites excluding steroid dienone is 1. The van der Waals surface area contributed by atoms with E-state index in [-0.39, 0.29) is 11.6 Å². The van der Waals surface area contributed by atoms with Gasteiger partial charge in [0.05, 0.1) is 16.0 Å². The Morgan fingerprint density at radius 3 is 2.59 bits per heavy atom. The molecule has 0 saturated carbocycles. The van der Waals surface area contributed by atoms with Crippen LogP contribution in [0.1, 0.15) is 10.4 Å². The quantitative estimate of drug-likeness (QED) is 0.421. The van der Waals surface area contributed by atoms with Gasteiger partial charge >= 0.3 is 0 Å². The highest BCUT2D eigenvalue weighted by molar-refractivity contribution is 5.99. The van der Waals surface area contributed by atoms with E-state index in [4.69, 9.17) is 0 Å². The van der Waals surface area contributed by atoms with Crippen LogP contribution in [0.2, 0.25) is 0 Å². The summed E-state index contributed by atoms with van der Waals surface area (Å²) in [5.41, 5.74) is 2.22. The average molecular weight is 293 g/mol. The van der Waals surface area contributed by atoms with Gasteiger partial charge in [-0.15, -0.1) is 0 Å². The summed E-state index contributed by atoms with van der Waals surface area (Å²) < 4.78 is 1.46. The molecule has 3 aromatic rings. The highest BCUT2D eigenvalue weighted by Gasteiger charge is 2.07. The molecule has 0 bridgehead atoms. The third-order valence-corrected chi connectivity index (χ3v) is 3.21. The van der Waals surface area contributed by atoms with Crippen molar-refractivity contribution in [3.63, 3.8) is 0 Å². The second-order valence-electron chi connectivity index (χ2n) is 4.62. The molecule has 0 aliphatic heterocycles. The molecule has 0 spiro atoms. The molecule has 6 nitrogen and oxygen atoms in total. The zero-order valence-corrected chi connectivity index (χ0v) is 11.4. The molecule has 0 aliphatic carbocycles. The van der Waals surface area contributed by atoms with E-state index >= 15 is 0 Å². The Labute approximate surface area is 125 Å². The Hall–Kier alpha value is -3.28. The van der Waals surface area contributed by atoms with E-state index in [1.165, 1.54) is 29.1 Å². The van der Waals surface area contributed by atoms with Gasteiger partial charge in [-0.3, -0.25) is 19.5 Å². The number of rotatable bonds is 3. The molecule has 22 heavy (non-hydrogen) atoms. The lowest BCUT2D eigenvalue weighted by Gasteiger charge is -1.98. The first-order valence-electron chi connectivity index (χ1n) is 6.54. The van der Waals surface area contributed by atoms with E-state index in [0.29, 0.717) is 5.56 Å². The predicted octanol–water partition coefficient (Wildman–Crippen LogP) is 3.30. The number of imidazole rings is 1. The van der Waals surface area contributed by atoms with E-state index < -0.39 is 4.92 Å². The molecule has 3 rings (SSSR count). The molecule has 0 atom stereocenters. The third-order valence-electron chi connectivity index (χ3n) is 3.21. The Balaban J connectivity index is 1.83. The van der Waals surface area contributed by atoms with Gasteiger partial charge in [-0.25, -0.2) is 4.98 Å². The first kappa shape index (κ1) is 13.7. The van der Waals surface area contributed by atoms with Gasteiger partial charge in [0.15, 0.2) is 0 Å². The van der Waals surface area contributed by atoms with Crippen LogP contribution in [0.25, 0.3) is 17.1 Å². The van der Waals surface area contributed by atoms with Crippen molar-refractivity contribution in [2.45, 2.75) is 0 Å². The molecule has 0 saturated heterocycles. The number of nitro benzene ring substituents is 1. The zero-order valence-electron chi connectivity index (χ0n) is 11.4. The van der Waals surface area contributed by atoms with Gasteiger partial charge < -0.3 is 0 Å². The van der Waals surface area contributed by atoms with Gasteiger partial charge in [0.25, 0.3) is 11.6 Å². The van der Waals surface area contributed by atoms with Gasteiger partial charge in [0, 0.05) is 18.2 Å². The molecule has 2 aromatic carbocycles. The Kier molecular flexibility index (Phi) is 3.49. The van der Waals surface area contributed by atoms with Crippen LogP contribution in [0.15, 0.2) is 60.9 Å². The van der Waals surface area contributed by atoms with E-state index in [0.717, 1.165) is 11.0 Å². The maximum absolute atomic E-state index is 12.2. The van der Waals surface area contributed by atoms with Crippen molar-refractivity contribution in [1.29, 1.82) is 0 Å². The van der Waals surface area contributed by atoms with E-state index in [2.05, 4.69) is 4.98 Å². The second-order valence-corrected chi connectivity index (χ2v) is 4.62. The van der Waals surface area contributed by atoms with Crippen LogP contribution in [0, 0.1) is 10.1 Å². The number of benzene rings is 2. The highest BCUT2D eigenvalue weighted by atomic mass is 16.6. The lowest BCUT2D eigenvalue weighted by atomic mass is 10.2. The van der Waals surface area contributed by atoms with Gasteiger partial charge in [-0.2, -0.15) is 0 Å². The molecule has 6 heteroatoms. The normalized spacial score (nSPS) is 11.1. The zero-order chi connectivity index (χ0) is 15.5. The minimum Gasteiger partial charge on any atom is -0.269 e. The van der Waals surface area contributed by atoms with Crippen LogP contribution in [0.5, 0.6) is 0 Å². The minimum atomic E-state index is -0.462. The molecule has 1 heterocycles. The summed E-state index contributed by atoms with van der Waals surface area (Å²) in [5, 5.41) is 10.6. The third kappa shape index (κ3) is 2.62. The summed E-state index contributed by atoms with van der Waals surface area (Å²) in [7, 11) is 0. The topological polar surface area (TPSA) is 78.0 Å². The first-order valence-corrected chi connectivity index (χ1v) is 6.54. The van der Waals surface area contributed by atoms with Crippen molar-refractivity contribution in [2.75, 3.05) is 0 Å². The van der Waals surface area contributed by atoms with Crippen LogP contribution in [0.3, 0.4) is 0 Å². The molecule has 1 aromatic heterocycles. The van der Waals surface area contributed by atoms with Crippen LogP contribution in [0.4, 0.5) is 5.69 Å². The maximum atomic E-state index is 12.2. The Bertz CT molecular complexity index is 879. The molecule has 108 valence electrons. The van der Waals surface area contributed by atoms with Gasteiger partial charge in [0.2, 0.25) is 0 Å². The monoisotopic (exact) mass is 293 g/mol. The summed E-state index contributed by atoms with van der Waals surface area (Å²) in [4.78, 5) is 26.5. The molecule has 0 radical (unpaired) electrons. The second kappa shape index (κ2) is 5.61. The van der Waals surface area contributed by atoms with Gasteiger partial charge in [-0.1, -0.05) is 12.1 Å². The predicted molar refractivity (Wildman–Crippen MR) is 82.5 cm³/mol. The number of fused-ring (bicyclic) bond motifs is 1. The van der Waals surface area contributed by atoms with Crippen LogP contribution < -0.4 is 0 Å². The molecule has 0 aliphatic rings. The molecule has 0 unspecified atom stereocenters. The van der Waals surface area contributed by atoms with E-state index in [1.54, 1.807) is 18.2 Å². The number of para-hydroxylation sites is 2. The van der Waals surface area contributed by atoms with Crippen molar-refractivity contribution in [2.24, 2.45) is 0 Å². The minimum absolute atomic E-state index is 0.0177. The average Bonchev–Trinajstić information content (AvgIpc) is 2.97. The van der Waals surface area contributed by atoms with Crippen LogP contribution in [-0.4, -0.2) is 20.4 Å². The van der Waals surface area contributed by atoms with Crippen LogP contribution in [-0.2, 0) is 0 Å². The number of carbonyl (C=O) groups excluding carboxylic acids is 1. The number of nitrogens with zero attached hydrogens (tertiary/aromatic N) is 3. The maximum Gasteiger partial charge on any atom is 0.269 e. The van der Waals surface area contributed by atoms with Crippen molar-refractivity contribution >= 4 is 28.7 Å². The Morgan fingerprint density at radius 2 is 1.86 bits per heavy atom. The number of carbonyl (C=O) groups is 1. The van der Waals surface area contributed by atoms with E-state index in [9.17, 15) is 14.9 Å². The number of hydrogen-bond acceptors (Lipinski definition) is 4. The first-order chi connectivity index (χ1) is 10.6. The van der Waals surface area contributed by atoms with Gasteiger partial charge in [-0.05, 0) is 35.9 Å². The summed E-state index contributed by atoms with van der Waals surface area (Å²) in [6.45, 7) is 0. The van der Waals surface area contributed by atoms with Gasteiger partial charge in [0.1, 0.15) is 6.33 Å². The summed E-state index contributed by atoms with van der Waals surface area (Å²) in [5.74, 6) is -0.230. The summed E-state index contributed by atoms with van der Waals surface area (Å²) >= 11 is 0. The van der Waals surface area contributed by atoms with Crippen molar-refractivity contribution in [3.8, 4) is 0 Å². The summed E-state index contributed by atoms with van der Waals surface area (Å²) in [6, 6.07) is 13.3.